The van der Waals surface area contributed by atoms with Gasteiger partial charge in [0.2, 0.25) is 0 Å². The van der Waals surface area contributed by atoms with Crippen molar-refractivity contribution in [3.63, 3.8) is 0 Å². The predicted octanol–water partition coefficient (Wildman–Crippen LogP) is 3.93. The van der Waals surface area contributed by atoms with Crippen LogP contribution in [0.3, 0.4) is 0 Å². The number of fused-ring (bicyclic) bond motifs is 1. The van der Waals surface area contributed by atoms with Crippen LogP contribution in [0, 0.1) is 0 Å². The molecule has 2 aromatic rings. The Labute approximate surface area is 81.2 Å². The molecule has 0 aliphatic heterocycles. The second kappa shape index (κ2) is 3.50. The monoisotopic (exact) mass is 188 g/mol. The van der Waals surface area contributed by atoms with Gasteiger partial charge in [0.25, 0.3) is 0 Å². The van der Waals surface area contributed by atoms with Gasteiger partial charge in [0.1, 0.15) is 11.4 Å². The fourth-order valence-electron chi connectivity index (χ4n) is 1.28. The molecule has 1 heterocycles. The highest BCUT2D eigenvalue weighted by Gasteiger charge is 1.95. The van der Waals surface area contributed by atoms with E-state index in [1.807, 2.05) is 24.3 Å². The molecule has 0 amide bonds. The maximum Gasteiger partial charge on any atom is 0.133 e. The van der Waals surface area contributed by atoms with E-state index in [4.69, 9.17) is 4.42 Å². The van der Waals surface area contributed by atoms with Crippen LogP contribution >= 0.6 is 0 Å². The molecule has 2 heteroatoms. The third-order valence-corrected chi connectivity index (χ3v) is 1.93. The summed E-state index contributed by atoms with van der Waals surface area (Å²) in [6, 6.07) is 7.52. The standard InChI is InChI=1S/C12H9FO/c1-9(13)2-3-10-4-5-12-11(8-10)6-7-14-12/h2-8H,1H2/b3-2-. The van der Waals surface area contributed by atoms with E-state index in [0.29, 0.717) is 0 Å². The van der Waals surface area contributed by atoms with Gasteiger partial charge in [0, 0.05) is 5.39 Å². The van der Waals surface area contributed by atoms with Gasteiger partial charge in [-0.2, -0.15) is 0 Å². The molecule has 2 rings (SSSR count). The molecule has 0 N–H and O–H groups in total. The topological polar surface area (TPSA) is 13.1 Å². The van der Waals surface area contributed by atoms with Crippen LogP contribution < -0.4 is 0 Å². The number of furan rings is 1. The Morgan fingerprint density at radius 2 is 2.21 bits per heavy atom. The first kappa shape index (κ1) is 8.75. The quantitative estimate of drug-likeness (QED) is 0.651. The molecule has 0 aliphatic carbocycles. The molecule has 1 aromatic carbocycles. The second-order valence-electron chi connectivity index (χ2n) is 3.00. The molecule has 0 radical (unpaired) electrons. The molecule has 0 saturated heterocycles. The largest absolute Gasteiger partial charge is 0.464 e. The van der Waals surface area contributed by atoms with Crippen molar-refractivity contribution in [2.24, 2.45) is 0 Å². The lowest BCUT2D eigenvalue weighted by Gasteiger charge is -1.92. The summed E-state index contributed by atoms with van der Waals surface area (Å²) in [4.78, 5) is 0. The van der Waals surface area contributed by atoms with Crippen molar-refractivity contribution in [2.45, 2.75) is 0 Å². The van der Waals surface area contributed by atoms with Gasteiger partial charge in [-0.3, -0.25) is 0 Å². The Kier molecular flexibility index (Phi) is 2.19. The maximum atomic E-state index is 12.3. The predicted molar refractivity (Wildman–Crippen MR) is 55.5 cm³/mol. The van der Waals surface area contributed by atoms with Gasteiger partial charge in [0.05, 0.1) is 6.26 Å². The zero-order valence-electron chi connectivity index (χ0n) is 7.53. The lowest BCUT2D eigenvalue weighted by molar-refractivity contribution is 0.616. The number of halogens is 1. The van der Waals surface area contributed by atoms with Crippen molar-refractivity contribution in [1.82, 2.24) is 0 Å². The Morgan fingerprint density at radius 3 is 3.00 bits per heavy atom. The van der Waals surface area contributed by atoms with Crippen LogP contribution in [0.5, 0.6) is 0 Å². The molecule has 1 nitrogen and oxygen atoms in total. The third-order valence-electron chi connectivity index (χ3n) is 1.93. The minimum Gasteiger partial charge on any atom is -0.464 e. The highest BCUT2D eigenvalue weighted by Crippen LogP contribution is 2.18. The number of hydrogen-bond donors (Lipinski definition) is 0. The van der Waals surface area contributed by atoms with Gasteiger partial charge in [-0.1, -0.05) is 18.7 Å². The van der Waals surface area contributed by atoms with E-state index in [1.54, 1.807) is 12.3 Å². The summed E-state index contributed by atoms with van der Waals surface area (Å²) in [5.74, 6) is -0.447. The van der Waals surface area contributed by atoms with Gasteiger partial charge in [-0.05, 0) is 29.8 Å². The highest BCUT2D eigenvalue weighted by molar-refractivity contribution is 5.80. The lowest BCUT2D eigenvalue weighted by atomic mass is 10.1. The Balaban J connectivity index is 2.39. The average molecular weight is 188 g/mol. The van der Waals surface area contributed by atoms with E-state index in [-0.39, 0.29) is 0 Å². The molecule has 0 fully saturated rings. The smallest absolute Gasteiger partial charge is 0.133 e. The molecular weight excluding hydrogens is 179 g/mol. The van der Waals surface area contributed by atoms with Crippen molar-refractivity contribution in [2.75, 3.05) is 0 Å². The Hall–Kier alpha value is -1.83. The molecule has 0 unspecified atom stereocenters. The van der Waals surface area contributed by atoms with E-state index in [0.717, 1.165) is 16.5 Å². The molecule has 70 valence electrons. The SMILES string of the molecule is C=C(F)/C=C\c1ccc2occc2c1. The van der Waals surface area contributed by atoms with Crippen molar-refractivity contribution in [3.05, 3.63) is 54.6 Å². The zero-order valence-corrected chi connectivity index (χ0v) is 7.53. The van der Waals surface area contributed by atoms with Crippen LogP contribution in [0.15, 0.2) is 53.4 Å². The van der Waals surface area contributed by atoms with Crippen molar-refractivity contribution in [1.29, 1.82) is 0 Å². The van der Waals surface area contributed by atoms with Gasteiger partial charge in [-0.15, -0.1) is 0 Å². The number of benzene rings is 1. The van der Waals surface area contributed by atoms with Crippen LogP contribution in [0.1, 0.15) is 5.56 Å². The second-order valence-corrected chi connectivity index (χ2v) is 3.00. The van der Waals surface area contributed by atoms with Gasteiger partial charge in [-0.25, -0.2) is 4.39 Å². The van der Waals surface area contributed by atoms with Crippen LogP contribution in [0.25, 0.3) is 17.0 Å². The van der Waals surface area contributed by atoms with Gasteiger partial charge >= 0.3 is 0 Å². The molecule has 14 heavy (non-hydrogen) atoms. The highest BCUT2D eigenvalue weighted by atomic mass is 19.1. The van der Waals surface area contributed by atoms with Gasteiger partial charge in [0.15, 0.2) is 0 Å². The number of hydrogen-bond acceptors (Lipinski definition) is 1. The van der Waals surface area contributed by atoms with Crippen LogP contribution in [-0.4, -0.2) is 0 Å². The van der Waals surface area contributed by atoms with Crippen LogP contribution in [0.4, 0.5) is 4.39 Å². The summed E-state index contributed by atoms with van der Waals surface area (Å²) in [5.41, 5.74) is 1.76. The summed E-state index contributed by atoms with van der Waals surface area (Å²) in [5, 5.41) is 1.01. The van der Waals surface area contributed by atoms with E-state index in [9.17, 15) is 4.39 Å². The summed E-state index contributed by atoms with van der Waals surface area (Å²) in [7, 11) is 0. The maximum absolute atomic E-state index is 12.3. The third kappa shape index (κ3) is 1.74. The van der Waals surface area contributed by atoms with Gasteiger partial charge < -0.3 is 4.42 Å². The summed E-state index contributed by atoms with van der Waals surface area (Å²) < 4.78 is 17.5. The fourth-order valence-corrected chi connectivity index (χ4v) is 1.28. The first-order chi connectivity index (χ1) is 6.75. The molecule has 0 aliphatic rings. The van der Waals surface area contributed by atoms with Crippen LogP contribution in [-0.2, 0) is 0 Å². The molecule has 0 atom stereocenters. The number of allylic oxidation sites excluding steroid dienone is 2. The summed E-state index contributed by atoms with van der Waals surface area (Å²) in [6.45, 7) is 3.15. The molecule has 1 aromatic heterocycles. The Bertz CT molecular complexity index is 494. The van der Waals surface area contributed by atoms with E-state index >= 15 is 0 Å². The zero-order chi connectivity index (χ0) is 9.97. The summed E-state index contributed by atoms with van der Waals surface area (Å²) >= 11 is 0. The minimum atomic E-state index is -0.447. The minimum absolute atomic E-state index is 0.447. The first-order valence-corrected chi connectivity index (χ1v) is 4.25. The first-order valence-electron chi connectivity index (χ1n) is 4.25. The van der Waals surface area contributed by atoms with E-state index < -0.39 is 5.83 Å². The number of rotatable bonds is 2. The van der Waals surface area contributed by atoms with E-state index in [1.165, 1.54) is 6.08 Å². The molecular formula is C12H9FO. The van der Waals surface area contributed by atoms with Crippen molar-refractivity contribution < 1.29 is 8.81 Å². The summed E-state index contributed by atoms with van der Waals surface area (Å²) in [6.07, 6.45) is 4.64. The molecule has 0 spiro atoms. The van der Waals surface area contributed by atoms with Crippen molar-refractivity contribution in [3.8, 4) is 0 Å². The van der Waals surface area contributed by atoms with E-state index in [2.05, 4.69) is 6.58 Å². The van der Waals surface area contributed by atoms with Crippen molar-refractivity contribution >= 4 is 17.0 Å². The Morgan fingerprint density at radius 1 is 1.36 bits per heavy atom. The molecule has 0 saturated carbocycles. The molecule has 0 bridgehead atoms. The fraction of sp³-hybridized carbons (Fsp3) is 0. The normalized spacial score (nSPS) is 11.2. The average Bonchev–Trinajstić information content (AvgIpc) is 2.61. The van der Waals surface area contributed by atoms with Crippen LogP contribution in [0.2, 0.25) is 0 Å². The lowest BCUT2D eigenvalue weighted by Crippen LogP contribution is -1.71.